The van der Waals surface area contributed by atoms with Crippen LogP contribution in [0.1, 0.15) is 17.0 Å². The molecule has 0 spiro atoms. The minimum Gasteiger partial charge on any atom is -0.468 e. The summed E-state index contributed by atoms with van der Waals surface area (Å²) in [7, 11) is 2.65. The Labute approximate surface area is 201 Å². The number of carbonyl (C=O) groups excluding carboxylic acids is 2. The summed E-state index contributed by atoms with van der Waals surface area (Å²) in [5, 5.41) is 0. The van der Waals surface area contributed by atoms with Crippen molar-refractivity contribution in [2.24, 2.45) is 5.92 Å². The highest BCUT2D eigenvalue weighted by molar-refractivity contribution is 8.09. The van der Waals surface area contributed by atoms with Crippen LogP contribution >= 0.6 is 11.8 Å². The molecule has 170 valence electrons. The molecular formula is C27H22N2O4S. The number of hydrogen-bond donors (Lipinski definition) is 1. The van der Waals surface area contributed by atoms with Crippen molar-refractivity contribution in [2.45, 2.75) is 4.75 Å². The van der Waals surface area contributed by atoms with Crippen molar-refractivity contribution in [3.63, 3.8) is 0 Å². The van der Waals surface area contributed by atoms with Gasteiger partial charge in [-0.3, -0.25) is 4.79 Å². The number of benzene rings is 3. The van der Waals surface area contributed by atoms with Crippen LogP contribution in [0.4, 0.5) is 0 Å². The third kappa shape index (κ3) is 3.40. The van der Waals surface area contributed by atoms with Gasteiger partial charge < -0.3 is 14.5 Å². The normalized spacial score (nSPS) is 19.9. The molecule has 1 aliphatic heterocycles. The van der Waals surface area contributed by atoms with Crippen molar-refractivity contribution in [3.8, 4) is 0 Å². The van der Waals surface area contributed by atoms with Crippen LogP contribution in [0.25, 0.3) is 15.9 Å². The maximum atomic E-state index is 13.5. The van der Waals surface area contributed by atoms with Gasteiger partial charge in [-0.05, 0) is 23.3 Å². The first-order valence-electron chi connectivity index (χ1n) is 10.8. The monoisotopic (exact) mass is 470 g/mol. The number of hydrogen-bond acceptors (Lipinski definition) is 6. The standard InChI is InChI=1S/C27H22N2O4S/c1-32-24(30)21-22(25(31)33-2)27(18-13-7-4-8-14-18,34-23(21)17-11-5-3-6-12-17)26-28-19-15-9-10-16-20(19)29-26/h3-16,22H,1-2H3,(H,28,29). The topological polar surface area (TPSA) is 81.3 Å². The Morgan fingerprint density at radius 3 is 2.18 bits per heavy atom. The molecule has 1 aliphatic rings. The lowest BCUT2D eigenvalue weighted by Crippen LogP contribution is -2.39. The fourth-order valence-corrected chi connectivity index (χ4v) is 6.16. The third-order valence-corrected chi connectivity index (χ3v) is 7.67. The Balaban J connectivity index is 1.85. The Hall–Kier alpha value is -3.84. The molecule has 1 aromatic heterocycles. The van der Waals surface area contributed by atoms with Crippen LogP contribution in [0.15, 0.2) is 90.5 Å². The highest BCUT2D eigenvalue weighted by atomic mass is 32.2. The van der Waals surface area contributed by atoms with Gasteiger partial charge in [0, 0.05) is 4.91 Å². The SMILES string of the molecule is COC(=O)C1=C(c2ccccc2)SC(c2ccccc2)(c2nc3ccccc3[nH]2)C1C(=O)OC. The second-order valence-electron chi connectivity index (χ2n) is 7.86. The minimum atomic E-state index is -1.08. The maximum absolute atomic E-state index is 13.5. The summed E-state index contributed by atoms with van der Waals surface area (Å²) in [4.78, 5) is 35.7. The van der Waals surface area contributed by atoms with E-state index in [1.54, 1.807) is 0 Å². The number of fused-ring (bicyclic) bond motifs is 1. The number of nitrogens with zero attached hydrogens (tertiary/aromatic N) is 1. The summed E-state index contributed by atoms with van der Waals surface area (Å²) in [6.07, 6.45) is 0. The average Bonchev–Trinajstić information content (AvgIpc) is 3.49. The number of ether oxygens (including phenoxy) is 2. The lowest BCUT2D eigenvalue weighted by Gasteiger charge is -2.33. The molecule has 2 heterocycles. The van der Waals surface area contributed by atoms with Crippen LogP contribution in [0.3, 0.4) is 0 Å². The van der Waals surface area contributed by atoms with Gasteiger partial charge in [0.1, 0.15) is 16.5 Å². The Bertz CT molecular complexity index is 1360. The molecule has 1 N–H and O–H groups in total. The molecule has 0 amide bonds. The maximum Gasteiger partial charge on any atom is 0.335 e. The van der Waals surface area contributed by atoms with Gasteiger partial charge in [-0.2, -0.15) is 0 Å². The molecule has 2 unspecified atom stereocenters. The quantitative estimate of drug-likeness (QED) is 0.417. The molecule has 4 aromatic rings. The lowest BCUT2D eigenvalue weighted by atomic mass is 9.79. The molecule has 0 aliphatic carbocycles. The molecular weight excluding hydrogens is 448 g/mol. The van der Waals surface area contributed by atoms with E-state index in [1.807, 2.05) is 84.9 Å². The summed E-state index contributed by atoms with van der Waals surface area (Å²) >= 11 is 1.42. The predicted molar refractivity (Wildman–Crippen MR) is 132 cm³/mol. The first kappa shape index (κ1) is 22.0. The van der Waals surface area contributed by atoms with Crippen molar-refractivity contribution in [1.82, 2.24) is 9.97 Å². The van der Waals surface area contributed by atoms with Crippen molar-refractivity contribution < 1.29 is 19.1 Å². The van der Waals surface area contributed by atoms with E-state index < -0.39 is 22.6 Å². The van der Waals surface area contributed by atoms with Gasteiger partial charge in [0.25, 0.3) is 0 Å². The van der Waals surface area contributed by atoms with Gasteiger partial charge >= 0.3 is 11.9 Å². The molecule has 3 aromatic carbocycles. The van der Waals surface area contributed by atoms with E-state index in [-0.39, 0.29) is 5.57 Å². The molecule has 0 fully saturated rings. The number of nitrogens with one attached hydrogen (secondary N) is 1. The third-order valence-electron chi connectivity index (χ3n) is 6.02. The molecule has 0 bridgehead atoms. The van der Waals surface area contributed by atoms with E-state index in [9.17, 15) is 9.59 Å². The second kappa shape index (κ2) is 8.83. The zero-order chi connectivity index (χ0) is 23.7. The van der Waals surface area contributed by atoms with Crippen molar-refractivity contribution in [3.05, 3.63) is 107 Å². The van der Waals surface area contributed by atoms with Gasteiger partial charge in [0.15, 0.2) is 0 Å². The second-order valence-corrected chi connectivity index (χ2v) is 9.12. The van der Waals surface area contributed by atoms with Gasteiger partial charge in [0.05, 0.1) is 30.8 Å². The summed E-state index contributed by atoms with van der Waals surface area (Å²) in [6, 6.07) is 26.8. The number of esters is 2. The smallest absolute Gasteiger partial charge is 0.335 e. The first-order valence-corrected chi connectivity index (χ1v) is 11.6. The molecule has 5 rings (SSSR count). The molecule has 0 radical (unpaired) electrons. The van der Waals surface area contributed by atoms with Crippen LogP contribution in [0, 0.1) is 5.92 Å². The molecule has 6 nitrogen and oxygen atoms in total. The number of aromatic nitrogens is 2. The van der Waals surface area contributed by atoms with Crippen LogP contribution in [-0.2, 0) is 23.8 Å². The number of aromatic amines is 1. The number of H-pyrrole nitrogens is 1. The molecule has 7 heteroatoms. The molecule has 0 saturated heterocycles. The van der Waals surface area contributed by atoms with Gasteiger partial charge in [0.2, 0.25) is 0 Å². The van der Waals surface area contributed by atoms with E-state index in [0.717, 1.165) is 22.2 Å². The zero-order valence-corrected chi connectivity index (χ0v) is 19.5. The highest BCUT2D eigenvalue weighted by Gasteiger charge is 2.59. The first-order chi connectivity index (χ1) is 16.6. The van der Waals surface area contributed by atoms with E-state index in [4.69, 9.17) is 14.5 Å². The zero-order valence-electron chi connectivity index (χ0n) is 18.6. The van der Waals surface area contributed by atoms with Crippen molar-refractivity contribution >= 4 is 39.6 Å². The number of thioether (sulfide) groups is 1. The van der Waals surface area contributed by atoms with E-state index >= 15 is 0 Å². The fourth-order valence-electron chi connectivity index (χ4n) is 4.50. The van der Waals surface area contributed by atoms with Crippen LogP contribution < -0.4 is 0 Å². The largest absolute Gasteiger partial charge is 0.468 e. The molecule has 0 saturated carbocycles. The van der Waals surface area contributed by atoms with Crippen LogP contribution in [0.2, 0.25) is 0 Å². The molecule has 34 heavy (non-hydrogen) atoms. The van der Waals surface area contributed by atoms with Crippen LogP contribution in [-0.4, -0.2) is 36.1 Å². The van der Waals surface area contributed by atoms with E-state index in [1.165, 1.54) is 26.0 Å². The van der Waals surface area contributed by atoms with E-state index in [2.05, 4.69) is 4.98 Å². The number of para-hydroxylation sites is 2. The highest BCUT2D eigenvalue weighted by Crippen LogP contribution is 2.62. The number of imidazole rings is 1. The summed E-state index contributed by atoms with van der Waals surface area (Å²) in [6.45, 7) is 0. The average molecular weight is 471 g/mol. The van der Waals surface area contributed by atoms with Crippen molar-refractivity contribution in [2.75, 3.05) is 14.2 Å². The predicted octanol–water partition coefficient (Wildman–Crippen LogP) is 4.93. The van der Waals surface area contributed by atoms with Gasteiger partial charge in [-0.25, -0.2) is 9.78 Å². The Morgan fingerprint density at radius 2 is 1.53 bits per heavy atom. The summed E-state index contributed by atoms with van der Waals surface area (Å²) in [5.74, 6) is -1.54. The fraction of sp³-hybridized carbons (Fsp3) is 0.148. The number of methoxy groups -OCH3 is 2. The summed E-state index contributed by atoms with van der Waals surface area (Å²) < 4.78 is 9.38. The number of carbonyl (C=O) groups is 2. The molecule has 2 atom stereocenters. The number of rotatable bonds is 5. The summed E-state index contributed by atoms with van der Waals surface area (Å²) in [5.41, 5.74) is 3.50. The minimum absolute atomic E-state index is 0.259. The van der Waals surface area contributed by atoms with Crippen LogP contribution in [0.5, 0.6) is 0 Å². The van der Waals surface area contributed by atoms with Gasteiger partial charge in [-0.15, -0.1) is 11.8 Å². The Kier molecular flexibility index (Phi) is 5.71. The van der Waals surface area contributed by atoms with Gasteiger partial charge in [-0.1, -0.05) is 72.8 Å². The lowest BCUT2D eigenvalue weighted by molar-refractivity contribution is -0.148. The Morgan fingerprint density at radius 1 is 0.882 bits per heavy atom. The van der Waals surface area contributed by atoms with E-state index in [0.29, 0.717) is 10.7 Å². The van der Waals surface area contributed by atoms with Crippen molar-refractivity contribution in [1.29, 1.82) is 0 Å².